The van der Waals surface area contributed by atoms with Gasteiger partial charge in [-0.15, -0.1) is 0 Å². The summed E-state index contributed by atoms with van der Waals surface area (Å²) in [5.41, 5.74) is 5.94. The molecular weight excluding hydrogens is 280 g/mol. The van der Waals surface area contributed by atoms with Gasteiger partial charge in [0.2, 0.25) is 0 Å². The van der Waals surface area contributed by atoms with Gasteiger partial charge in [-0.3, -0.25) is 0 Å². The van der Waals surface area contributed by atoms with Crippen molar-refractivity contribution in [3.05, 3.63) is 36.4 Å². The molecule has 1 amide bonds. The van der Waals surface area contributed by atoms with Crippen LogP contribution in [0.15, 0.2) is 36.4 Å². The minimum absolute atomic E-state index is 0.0748. The summed E-state index contributed by atoms with van der Waals surface area (Å²) in [7, 11) is 0. The molecule has 1 aromatic carbocycles. The first-order valence-corrected chi connectivity index (χ1v) is 7.50. The molecule has 0 aromatic heterocycles. The van der Waals surface area contributed by atoms with Gasteiger partial charge in [0.1, 0.15) is 17.5 Å². The maximum absolute atomic E-state index is 12.1. The molecule has 1 aromatic rings. The molecule has 120 valence electrons. The van der Waals surface area contributed by atoms with E-state index in [0.29, 0.717) is 25.2 Å². The zero-order valence-electron chi connectivity index (χ0n) is 13.4. The summed E-state index contributed by atoms with van der Waals surface area (Å²) in [6, 6.07) is 7.35. The summed E-state index contributed by atoms with van der Waals surface area (Å²) in [6.45, 7) is 6.72. The topological polar surface area (TPSA) is 64.8 Å². The standard InChI is InChI=1S/C17H24N2O3/c1-17(2,3)22-16(20)19-10-5-8-14(9-11-19)21-15-7-4-6-13(18)12-15/h4-8,12,14H,9-11,18H2,1-3H3. The molecule has 1 aliphatic heterocycles. The summed E-state index contributed by atoms with van der Waals surface area (Å²) in [5, 5.41) is 0. The number of benzene rings is 1. The van der Waals surface area contributed by atoms with Gasteiger partial charge in [-0.1, -0.05) is 12.1 Å². The average molecular weight is 304 g/mol. The Hall–Kier alpha value is -2.17. The third-order valence-electron chi connectivity index (χ3n) is 3.16. The van der Waals surface area contributed by atoms with Gasteiger partial charge in [0, 0.05) is 31.3 Å². The van der Waals surface area contributed by atoms with Gasteiger partial charge >= 0.3 is 6.09 Å². The van der Waals surface area contributed by atoms with Crippen molar-refractivity contribution in [1.82, 2.24) is 4.90 Å². The van der Waals surface area contributed by atoms with Crippen molar-refractivity contribution in [1.29, 1.82) is 0 Å². The lowest BCUT2D eigenvalue weighted by atomic mass is 10.2. The molecule has 1 atom stereocenters. The molecule has 0 radical (unpaired) electrons. The van der Waals surface area contributed by atoms with Gasteiger partial charge in [0.25, 0.3) is 0 Å². The van der Waals surface area contributed by atoms with E-state index in [1.807, 2.05) is 51.1 Å². The van der Waals surface area contributed by atoms with E-state index in [9.17, 15) is 4.79 Å². The van der Waals surface area contributed by atoms with Crippen LogP contribution < -0.4 is 10.5 Å². The highest BCUT2D eigenvalue weighted by Gasteiger charge is 2.23. The van der Waals surface area contributed by atoms with Crippen LogP contribution in [0.1, 0.15) is 27.2 Å². The van der Waals surface area contributed by atoms with Crippen molar-refractivity contribution in [2.24, 2.45) is 0 Å². The van der Waals surface area contributed by atoms with E-state index in [1.165, 1.54) is 0 Å². The fraction of sp³-hybridized carbons (Fsp3) is 0.471. The Balaban J connectivity index is 1.91. The average Bonchev–Trinajstić information content (AvgIpc) is 2.62. The van der Waals surface area contributed by atoms with Gasteiger partial charge in [0.05, 0.1) is 0 Å². The van der Waals surface area contributed by atoms with E-state index in [-0.39, 0.29) is 12.2 Å². The van der Waals surface area contributed by atoms with Crippen molar-refractivity contribution in [2.45, 2.75) is 38.9 Å². The Morgan fingerprint density at radius 1 is 1.36 bits per heavy atom. The minimum atomic E-state index is -0.482. The summed E-state index contributed by atoms with van der Waals surface area (Å²) in [5.74, 6) is 0.736. The number of anilines is 1. The fourth-order valence-electron chi connectivity index (χ4n) is 2.16. The highest BCUT2D eigenvalue weighted by atomic mass is 16.6. The first kappa shape index (κ1) is 16.2. The number of hydrogen-bond donors (Lipinski definition) is 1. The summed E-state index contributed by atoms with van der Waals surface area (Å²) < 4.78 is 11.3. The van der Waals surface area contributed by atoms with Gasteiger partial charge in [-0.25, -0.2) is 4.79 Å². The molecule has 2 N–H and O–H groups in total. The molecular formula is C17H24N2O3. The van der Waals surface area contributed by atoms with Gasteiger partial charge in [-0.05, 0) is 39.0 Å². The SMILES string of the molecule is CC(C)(C)OC(=O)N1CC=CC(Oc2cccc(N)c2)CC1. The number of rotatable bonds is 2. The van der Waals surface area contributed by atoms with Crippen LogP contribution in [0.3, 0.4) is 0 Å². The fourth-order valence-corrected chi connectivity index (χ4v) is 2.16. The number of ether oxygens (including phenoxy) is 2. The predicted octanol–water partition coefficient (Wildman–Crippen LogP) is 3.21. The number of hydrogen-bond acceptors (Lipinski definition) is 4. The highest BCUT2D eigenvalue weighted by molar-refractivity contribution is 5.68. The van der Waals surface area contributed by atoms with Crippen molar-refractivity contribution in [3.8, 4) is 5.75 Å². The van der Waals surface area contributed by atoms with Crippen LogP contribution in [0.5, 0.6) is 5.75 Å². The first-order valence-electron chi connectivity index (χ1n) is 7.50. The third kappa shape index (κ3) is 4.98. The molecule has 1 aliphatic rings. The Kier molecular flexibility index (Phi) is 4.96. The van der Waals surface area contributed by atoms with Crippen LogP contribution in [0.2, 0.25) is 0 Å². The van der Waals surface area contributed by atoms with E-state index in [1.54, 1.807) is 11.0 Å². The van der Waals surface area contributed by atoms with Crippen LogP contribution in [0.25, 0.3) is 0 Å². The number of nitrogens with zero attached hydrogens (tertiary/aromatic N) is 1. The second-order valence-corrected chi connectivity index (χ2v) is 6.37. The molecule has 0 aliphatic carbocycles. The van der Waals surface area contributed by atoms with Crippen LogP contribution in [-0.2, 0) is 4.74 Å². The summed E-state index contributed by atoms with van der Waals surface area (Å²) in [4.78, 5) is 13.8. The zero-order chi connectivity index (χ0) is 16.2. The lowest BCUT2D eigenvalue weighted by Gasteiger charge is -2.26. The molecule has 0 bridgehead atoms. The number of carbonyl (C=O) groups is 1. The summed E-state index contributed by atoms with van der Waals surface area (Å²) >= 11 is 0. The largest absolute Gasteiger partial charge is 0.486 e. The quantitative estimate of drug-likeness (QED) is 0.673. The third-order valence-corrected chi connectivity index (χ3v) is 3.16. The smallest absolute Gasteiger partial charge is 0.410 e. The van der Waals surface area contributed by atoms with E-state index >= 15 is 0 Å². The number of amides is 1. The molecule has 0 saturated carbocycles. The maximum atomic E-state index is 12.1. The molecule has 1 heterocycles. The lowest BCUT2D eigenvalue weighted by molar-refractivity contribution is 0.0264. The van der Waals surface area contributed by atoms with Crippen molar-refractivity contribution in [3.63, 3.8) is 0 Å². The monoisotopic (exact) mass is 304 g/mol. The van der Waals surface area contributed by atoms with Crippen molar-refractivity contribution < 1.29 is 14.3 Å². The number of carbonyl (C=O) groups excluding carboxylic acids is 1. The Labute approximate surface area is 131 Å². The van der Waals surface area contributed by atoms with Crippen LogP contribution in [0, 0.1) is 0 Å². The molecule has 1 unspecified atom stereocenters. The Bertz CT molecular complexity index is 549. The molecule has 0 spiro atoms. The minimum Gasteiger partial charge on any atom is -0.486 e. The van der Waals surface area contributed by atoms with E-state index in [0.717, 1.165) is 5.75 Å². The maximum Gasteiger partial charge on any atom is 0.410 e. The zero-order valence-corrected chi connectivity index (χ0v) is 13.4. The Morgan fingerprint density at radius 2 is 2.14 bits per heavy atom. The molecule has 2 rings (SSSR count). The molecule has 0 fully saturated rings. The Morgan fingerprint density at radius 3 is 2.82 bits per heavy atom. The predicted molar refractivity (Wildman–Crippen MR) is 86.8 cm³/mol. The highest BCUT2D eigenvalue weighted by Crippen LogP contribution is 2.19. The van der Waals surface area contributed by atoms with Crippen molar-refractivity contribution in [2.75, 3.05) is 18.8 Å². The molecule has 5 nitrogen and oxygen atoms in total. The van der Waals surface area contributed by atoms with Crippen LogP contribution in [-0.4, -0.2) is 35.8 Å². The summed E-state index contributed by atoms with van der Waals surface area (Å²) in [6.07, 6.45) is 4.27. The van der Waals surface area contributed by atoms with Gasteiger partial charge in [0.15, 0.2) is 0 Å². The van der Waals surface area contributed by atoms with E-state index in [4.69, 9.17) is 15.2 Å². The van der Waals surface area contributed by atoms with Gasteiger partial charge in [-0.2, -0.15) is 0 Å². The van der Waals surface area contributed by atoms with E-state index < -0.39 is 5.60 Å². The van der Waals surface area contributed by atoms with Gasteiger partial charge < -0.3 is 20.1 Å². The molecule has 22 heavy (non-hydrogen) atoms. The second-order valence-electron chi connectivity index (χ2n) is 6.37. The van der Waals surface area contributed by atoms with Crippen LogP contribution in [0.4, 0.5) is 10.5 Å². The molecule has 5 heteroatoms. The molecule has 0 saturated heterocycles. The van der Waals surface area contributed by atoms with Crippen molar-refractivity contribution >= 4 is 11.8 Å². The van der Waals surface area contributed by atoms with E-state index in [2.05, 4.69) is 0 Å². The van der Waals surface area contributed by atoms with Crippen LogP contribution >= 0.6 is 0 Å². The normalized spacial score (nSPS) is 18.7. The lowest BCUT2D eigenvalue weighted by Crippen LogP contribution is -2.37. The second kappa shape index (κ2) is 6.73. The first-order chi connectivity index (χ1) is 10.3. The number of nitrogen functional groups attached to an aromatic ring is 1. The number of nitrogens with two attached hydrogens (primary N) is 1.